The van der Waals surface area contributed by atoms with Gasteiger partial charge in [0, 0.05) is 69.6 Å². The zero-order valence-electron chi connectivity index (χ0n) is 25.4. The molecule has 5 aromatic rings. The van der Waals surface area contributed by atoms with E-state index in [2.05, 4.69) is 116 Å². The Bertz CT molecular complexity index is 1890. The normalized spacial score (nSPS) is 20.4. The molecule has 0 fully saturated rings. The highest BCUT2D eigenvalue weighted by atomic mass is 15.3. The molecular formula is C38H34N6. The van der Waals surface area contributed by atoms with Crippen LogP contribution in [0.25, 0.3) is 11.1 Å². The fraction of sp³-hybridized carbons (Fsp3) is 0.211. The van der Waals surface area contributed by atoms with Crippen molar-refractivity contribution >= 4 is 35.0 Å². The topological polar surface area (TPSA) is 57.5 Å². The molecule has 6 heterocycles. The number of allylic oxidation sites excluding steroid dienone is 1. The van der Waals surface area contributed by atoms with Crippen LogP contribution in [0.15, 0.2) is 121 Å². The Hall–Kier alpha value is -5.10. The molecule has 0 spiro atoms. The van der Waals surface area contributed by atoms with Gasteiger partial charge in [-0.3, -0.25) is 9.89 Å². The van der Waals surface area contributed by atoms with Crippen molar-refractivity contribution in [2.45, 2.75) is 44.7 Å². The highest BCUT2D eigenvalue weighted by Gasteiger charge is 2.46. The molecule has 2 atom stereocenters. The number of nitrogens with zero attached hydrogens (tertiary/aromatic N) is 6. The summed E-state index contributed by atoms with van der Waals surface area (Å²) < 4.78 is 0. The number of aliphatic imine (C=N–C) groups is 1. The molecule has 0 radical (unpaired) electrons. The largest absolute Gasteiger partial charge is 0.303 e. The molecule has 6 nitrogen and oxygen atoms in total. The van der Waals surface area contributed by atoms with Crippen LogP contribution in [-0.4, -0.2) is 27.3 Å². The third-order valence-corrected chi connectivity index (χ3v) is 9.72. The van der Waals surface area contributed by atoms with Gasteiger partial charge in [-0.25, -0.2) is 15.0 Å². The van der Waals surface area contributed by atoms with Gasteiger partial charge in [0.15, 0.2) is 0 Å². The molecule has 0 amide bonds. The van der Waals surface area contributed by atoms with E-state index in [1.54, 1.807) is 0 Å². The summed E-state index contributed by atoms with van der Waals surface area (Å²) >= 11 is 0. The number of dihydropyridines is 1. The Morgan fingerprint density at radius 2 is 1.11 bits per heavy atom. The third kappa shape index (κ3) is 3.87. The van der Waals surface area contributed by atoms with E-state index < -0.39 is 0 Å². The number of fused-ring (bicyclic) bond motifs is 4. The molecule has 0 saturated carbocycles. The molecular weight excluding hydrogens is 540 g/mol. The average molecular weight is 575 g/mol. The standard InChI is InChI=1S/C38H34N6/c1-37(2)29-9-5-21-39-33(29)43(34-30(37)10-6-22-40-34)27-17-13-25(14-18-27)26-15-19-28(20-16-26)44-35-31(11-7-23-41-35)38(3,4)32-12-8-24-42-36(32)44/h5-24,29,33H,1-4H3. The minimum absolute atomic E-state index is 0.0370. The second-order valence-electron chi connectivity index (χ2n) is 12.9. The number of aromatic nitrogens is 3. The molecule has 3 aromatic heterocycles. The lowest BCUT2D eigenvalue weighted by atomic mass is 9.68. The monoisotopic (exact) mass is 574 g/mol. The lowest BCUT2D eigenvalue weighted by molar-refractivity contribution is 0.307. The lowest BCUT2D eigenvalue weighted by Crippen LogP contribution is -2.50. The summed E-state index contributed by atoms with van der Waals surface area (Å²) in [6.45, 7) is 9.09. The zero-order chi connectivity index (χ0) is 30.1. The number of hydrogen-bond donors (Lipinski definition) is 0. The van der Waals surface area contributed by atoms with Crippen LogP contribution in [-0.2, 0) is 10.8 Å². The first-order valence-electron chi connectivity index (χ1n) is 15.2. The first kappa shape index (κ1) is 26.5. The molecule has 3 aliphatic heterocycles. The van der Waals surface area contributed by atoms with Gasteiger partial charge in [-0.2, -0.15) is 0 Å². The summed E-state index contributed by atoms with van der Waals surface area (Å²) in [5, 5.41) is 0. The van der Waals surface area contributed by atoms with Gasteiger partial charge in [-0.1, -0.05) is 76.2 Å². The molecule has 2 aromatic carbocycles. The van der Waals surface area contributed by atoms with Crippen LogP contribution in [0.4, 0.5) is 28.8 Å². The maximum atomic E-state index is 4.94. The second-order valence-corrected chi connectivity index (χ2v) is 12.9. The number of anilines is 5. The van der Waals surface area contributed by atoms with E-state index >= 15 is 0 Å². The summed E-state index contributed by atoms with van der Waals surface area (Å²) in [5.41, 5.74) is 7.79. The van der Waals surface area contributed by atoms with Crippen molar-refractivity contribution in [2.24, 2.45) is 10.9 Å². The summed E-state index contributed by atoms with van der Waals surface area (Å²) in [4.78, 5) is 23.9. The van der Waals surface area contributed by atoms with Crippen LogP contribution >= 0.6 is 0 Å². The first-order valence-corrected chi connectivity index (χ1v) is 15.2. The van der Waals surface area contributed by atoms with Crippen LogP contribution in [0, 0.1) is 5.92 Å². The van der Waals surface area contributed by atoms with E-state index in [0.717, 1.165) is 40.0 Å². The van der Waals surface area contributed by atoms with Gasteiger partial charge < -0.3 is 4.90 Å². The highest BCUT2D eigenvalue weighted by Crippen LogP contribution is 2.51. The van der Waals surface area contributed by atoms with Gasteiger partial charge in [0.05, 0.1) is 0 Å². The SMILES string of the molecule is CC1(C)c2cccnc2N(c2ccc(-c3ccc(N4c5ncccc5C(C)(C)C5C=CC=NC54)cc3)cc2)c2ncccc21. The van der Waals surface area contributed by atoms with Crippen molar-refractivity contribution in [1.82, 2.24) is 15.0 Å². The number of hydrogen-bond acceptors (Lipinski definition) is 6. The van der Waals surface area contributed by atoms with Gasteiger partial charge in [-0.05, 0) is 59.7 Å². The molecule has 0 saturated heterocycles. The molecule has 6 heteroatoms. The van der Waals surface area contributed by atoms with Gasteiger partial charge in [-0.15, -0.1) is 0 Å². The number of benzene rings is 2. The van der Waals surface area contributed by atoms with Crippen molar-refractivity contribution in [3.8, 4) is 11.1 Å². The van der Waals surface area contributed by atoms with E-state index in [0.29, 0.717) is 0 Å². The van der Waals surface area contributed by atoms with Gasteiger partial charge >= 0.3 is 0 Å². The van der Waals surface area contributed by atoms with Crippen molar-refractivity contribution in [3.05, 3.63) is 132 Å². The van der Waals surface area contributed by atoms with Crippen LogP contribution < -0.4 is 9.80 Å². The molecule has 216 valence electrons. The maximum absolute atomic E-state index is 4.94. The Balaban J connectivity index is 1.14. The van der Waals surface area contributed by atoms with E-state index in [1.165, 1.54) is 16.7 Å². The van der Waals surface area contributed by atoms with Gasteiger partial charge in [0.1, 0.15) is 23.6 Å². The molecule has 44 heavy (non-hydrogen) atoms. The minimum atomic E-state index is -0.190. The molecule has 0 aliphatic carbocycles. The molecule has 0 bridgehead atoms. The smallest absolute Gasteiger partial charge is 0.142 e. The molecule has 3 aliphatic rings. The van der Waals surface area contributed by atoms with Crippen molar-refractivity contribution in [1.29, 1.82) is 0 Å². The Kier molecular flexibility index (Phi) is 5.85. The third-order valence-electron chi connectivity index (χ3n) is 9.72. The lowest BCUT2D eigenvalue weighted by Gasteiger charge is -2.49. The van der Waals surface area contributed by atoms with E-state index in [1.807, 2.05) is 43.0 Å². The molecule has 0 N–H and O–H groups in total. The highest BCUT2D eigenvalue weighted by molar-refractivity contribution is 5.83. The van der Waals surface area contributed by atoms with Crippen LogP contribution in [0.3, 0.4) is 0 Å². The molecule has 2 unspecified atom stereocenters. The Labute approximate surface area is 258 Å². The van der Waals surface area contributed by atoms with E-state index in [9.17, 15) is 0 Å². The van der Waals surface area contributed by atoms with Crippen LogP contribution in [0.2, 0.25) is 0 Å². The second kappa shape index (κ2) is 9.71. The van der Waals surface area contributed by atoms with Crippen LogP contribution in [0.5, 0.6) is 0 Å². The van der Waals surface area contributed by atoms with Crippen molar-refractivity contribution in [2.75, 3.05) is 9.80 Å². The number of pyridine rings is 3. The molecule has 8 rings (SSSR count). The fourth-order valence-corrected chi connectivity index (χ4v) is 7.25. The minimum Gasteiger partial charge on any atom is -0.303 e. The fourth-order valence-electron chi connectivity index (χ4n) is 7.25. The van der Waals surface area contributed by atoms with Gasteiger partial charge in [0.25, 0.3) is 0 Å². The average Bonchev–Trinajstić information content (AvgIpc) is 3.06. The zero-order valence-corrected chi connectivity index (χ0v) is 25.4. The predicted octanol–water partition coefficient (Wildman–Crippen LogP) is 8.66. The van der Waals surface area contributed by atoms with E-state index in [-0.39, 0.29) is 22.9 Å². The Morgan fingerprint density at radius 3 is 1.70 bits per heavy atom. The summed E-state index contributed by atoms with van der Waals surface area (Å²) in [7, 11) is 0. The number of rotatable bonds is 3. The van der Waals surface area contributed by atoms with Crippen LogP contribution in [0.1, 0.15) is 44.4 Å². The maximum Gasteiger partial charge on any atom is 0.142 e. The quantitative estimate of drug-likeness (QED) is 0.216. The summed E-state index contributed by atoms with van der Waals surface area (Å²) in [6, 6.07) is 30.1. The van der Waals surface area contributed by atoms with Crippen molar-refractivity contribution < 1.29 is 0 Å². The first-order chi connectivity index (χ1) is 21.4. The summed E-state index contributed by atoms with van der Waals surface area (Å²) in [6.07, 6.45) is 11.8. The van der Waals surface area contributed by atoms with E-state index in [4.69, 9.17) is 19.9 Å². The predicted molar refractivity (Wildman–Crippen MR) is 179 cm³/mol. The summed E-state index contributed by atoms with van der Waals surface area (Å²) in [5.74, 6) is 3.09. The van der Waals surface area contributed by atoms with Crippen molar-refractivity contribution in [3.63, 3.8) is 0 Å². The van der Waals surface area contributed by atoms with Gasteiger partial charge in [0.2, 0.25) is 0 Å². The Morgan fingerprint density at radius 1 is 0.591 bits per heavy atom.